The lowest BCUT2D eigenvalue weighted by Crippen LogP contribution is -2.43. The summed E-state index contributed by atoms with van der Waals surface area (Å²) < 4.78 is 0. The lowest BCUT2D eigenvalue weighted by atomic mass is 10.1. The van der Waals surface area contributed by atoms with Crippen LogP contribution in [0.5, 0.6) is 0 Å². The predicted octanol–water partition coefficient (Wildman–Crippen LogP) is 0.118. The van der Waals surface area contributed by atoms with Crippen molar-refractivity contribution in [2.75, 3.05) is 18.5 Å². The zero-order valence-corrected chi connectivity index (χ0v) is 10.9. The molecule has 6 nitrogen and oxygen atoms in total. The molecule has 0 saturated carbocycles. The number of aliphatic hydroxyl groups is 2. The number of hydrogen-bond donors (Lipinski definition) is 4. The van der Waals surface area contributed by atoms with E-state index in [-0.39, 0.29) is 18.4 Å². The molecule has 0 radical (unpaired) electrons. The number of hydrogen-bond acceptors (Lipinski definition) is 4. The van der Waals surface area contributed by atoms with E-state index in [0.717, 1.165) is 0 Å². The maximum Gasteiger partial charge on any atom is 0.251 e. The van der Waals surface area contributed by atoms with Gasteiger partial charge in [0.2, 0.25) is 5.91 Å². The maximum atomic E-state index is 11.7. The van der Waals surface area contributed by atoms with Crippen LogP contribution in [0.3, 0.4) is 0 Å². The summed E-state index contributed by atoms with van der Waals surface area (Å²) in [6, 6.07) is 6.35. The molecule has 0 heterocycles. The molecule has 0 aliphatic rings. The highest BCUT2D eigenvalue weighted by molar-refractivity contribution is 5.95. The van der Waals surface area contributed by atoms with Gasteiger partial charge in [-0.15, -0.1) is 0 Å². The van der Waals surface area contributed by atoms with Gasteiger partial charge in [0.15, 0.2) is 0 Å². The van der Waals surface area contributed by atoms with Gasteiger partial charge in [-0.25, -0.2) is 0 Å². The van der Waals surface area contributed by atoms with Crippen molar-refractivity contribution in [2.45, 2.75) is 19.4 Å². The topological polar surface area (TPSA) is 98.7 Å². The minimum absolute atomic E-state index is 0.0459. The third-order valence-corrected chi connectivity index (χ3v) is 2.44. The summed E-state index contributed by atoms with van der Waals surface area (Å²) in [7, 11) is 0. The average molecular weight is 266 g/mol. The average Bonchev–Trinajstić information content (AvgIpc) is 2.36. The second-order valence-corrected chi connectivity index (χ2v) is 4.60. The van der Waals surface area contributed by atoms with Gasteiger partial charge < -0.3 is 20.8 Å². The van der Waals surface area contributed by atoms with E-state index in [9.17, 15) is 14.7 Å². The summed E-state index contributed by atoms with van der Waals surface area (Å²) in [4.78, 5) is 22.6. The summed E-state index contributed by atoms with van der Waals surface area (Å²) in [5, 5.41) is 23.5. The summed E-state index contributed by atoms with van der Waals surface area (Å²) in [5.41, 5.74) is -0.333. The Hall–Kier alpha value is -1.92. The van der Waals surface area contributed by atoms with Crippen molar-refractivity contribution >= 4 is 17.5 Å². The second kappa shape index (κ2) is 6.31. The maximum absolute atomic E-state index is 11.7. The molecule has 0 aliphatic heterocycles. The number of carbonyl (C=O) groups is 2. The molecule has 1 aromatic carbocycles. The smallest absolute Gasteiger partial charge is 0.251 e. The SMILES string of the molecule is CC(=O)Nc1ccc(C(=O)NCC(C)(O)CO)cc1. The monoisotopic (exact) mass is 266 g/mol. The number of benzene rings is 1. The Morgan fingerprint density at radius 1 is 1.26 bits per heavy atom. The first-order chi connectivity index (χ1) is 8.84. The van der Waals surface area contributed by atoms with E-state index in [4.69, 9.17) is 5.11 Å². The van der Waals surface area contributed by atoms with Crippen LogP contribution < -0.4 is 10.6 Å². The molecular weight excluding hydrogens is 248 g/mol. The Labute approximate surface area is 111 Å². The Kier molecular flexibility index (Phi) is 5.02. The van der Waals surface area contributed by atoms with Gasteiger partial charge in [0, 0.05) is 24.7 Å². The largest absolute Gasteiger partial charge is 0.393 e. The molecule has 4 N–H and O–H groups in total. The van der Waals surface area contributed by atoms with E-state index < -0.39 is 12.2 Å². The van der Waals surface area contributed by atoms with Crippen molar-refractivity contribution < 1.29 is 19.8 Å². The highest BCUT2D eigenvalue weighted by atomic mass is 16.3. The van der Waals surface area contributed by atoms with E-state index in [1.165, 1.54) is 13.8 Å². The molecule has 6 heteroatoms. The van der Waals surface area contributed by atoms with Crippen LogP contribution in [0.15, 0.2) is 24.3 Å². The number of carbonyl (C=O) groups excluding carboxylic acids is 2. The van der Waals surface area contributed by atoms with Crippen LogP contribution in [0, 0.1) is 0 Å². The van der Waals surface area contributed by atoms with Gasteiger partial charge in [-0.1, -0.05) is 0 Å². The Balaban J connectivity index is 2.60. The zero-order chi connectivity index (χ0) is 14.5. The normalized spacial score (nSPS) is 13.5. The van der Waals surface area contributed by atoms with Crippen LogP contribution in [0.4, 0.5) is 5.69 Å². The van der Waals surface area contributed by atoms with Gasteiger partial charge in [-0.2, -0.15) is 0 Å². The number of anilines is 1. The number of nitrogens with one attached hydrogen (secondary N) is 2. The minimum atomic E-state index is -1.34. The van der Waals surface area contributed by atoms with Crippen LogP contribution in [0.1, 0.15) is 24.2 Å². The molecule has 0 aliphatic carbocycles. The Bertz CT molecular complexity index is 454. The molecule has 0 aromatic heterocycles. The van der Waals surface area contributed by atoms with Crippen LogP contribution in [0.25, 0.3) is 0 Å². The van der Waals surface area contributed by atoms with Gasteiger partial charge in [0.05, 0.1) is 6.61 Å². The fraction of sp³-hybridized carbons (Fsp3) is 0.385. The van der Waals surface area contributed by atoms with Crippen molar-refractivity contribution in [3.05, 3.63) is 29.8 Å². The fourth-order valence-electron chi connectivity index (χ4n) is 1.34. The van der Waals surface area contributed by atoms with Crippen molar-refractivity contribution in [1.82, 2.24) is 5.32 Å². The Morgan fingerprint density at radius 2 is 1.84 bits per heavy atom. The van der Waals surface area contributed by atoms with Crippen LogP contribution >= 0.6 is 0 Å². The number of aliphatic hydroxyl groups excluding tert-OH is 1. The molecule has 1 rings (SSSR count). The van der Waals surface area contributed by atoms with E-state index in [0.29, 0.717) is 11.3 Å². The van der Waals surface area contributed by atoms with E-state index >= 15 is 0 Å². The van der Waals surface area contributed by atoms with Gasteiger partial charge in [-0.05, 0) is 31.2 Å². The van der Waals surface area contributed by atoms with E-state index in [1.54, 1.807) is 24.3 Å². The van der Waals surface area contributed by atoms with Crippen molar-refractivity contribution in [1.29, 1.82) is 0 Å². The van der Waals surface area contributed by atoms with Gasteiger partial charge in [-0.3, -0.25) is 9.59 Å². The van der Waals surface area contributed by atoms with Crippen LogP contribution in [-0.2, 0) is 4.79 Å². The highest BCUT2D eigenvalue weighted by Crippen LogP contribution is 2.09. The molecule has 1 atom stereocenters. The third kappa shape index (κ3) is 5.07. The molecular formula is C13H18N2O4. The van der Waals surface area contributed by atoms with Gasteiger partial charge >= 0.3 is 0 Å². The molecule has 0 spiro atoms. The number of amides is 2. The molecule has 1 aromatic rings. The Morgan fingerprint density at radius 3 is 2.32 bits per heavy atom. The van der Waals surface area contributed by atoms with Crippen molar-refractivity contribution in [3.63, 3.8) is 0 Å². The number of rotatable bonds is 5. The van der Waals surface area contributed by atoms with Crippen LogP contribution in [0.2, 0.25) is 0 Å². The standard InChI is InChI=1S/C13H18N2O4/c1-9(17)15-11-5-3-10(4-6-11)12(18)14-7-13(2,19)8-16/h3-6,16,19H,7-8H2,1-2H3,(H,14,18)(H,15,17). The van der Waals surface area contributed by atoms with Crippen LogP contribution in [-0.4, -0.2) is 40.8 Å². The van der Waals surface area contributed by atoms with Crippen molar-refractivity contribution in [2.24, 2.45) is 0 Å². The molecule has 0 fully saturated rings. The molecule has 2 amide bonds. The third-order valence-electron chi connectivity index (χ3n) is 2.44. The molecule has 0 saturated heterocycles. The van der Waals surface area contributed by atoms with Crippen molar-refractivity contribution in [3.8, 4) is 0 Å². The van der Waals surface area contributed by atoms with E-state index in [1.807, 2.05) is 0 Å². The molecule has 104 valence electrons. The molecule has 1 unspecified atom stereocenters. The summed E-state index contributed by atoms with van der Waals surface area (Å²) >= 11 is 0. The fourth-order valence-corrected chi connectivity index (χ4v) is 1.34. The first-order valence-electron chi connectivity index (χ1n) is 5.83. The lowest BCUT2D eigenvalue weighted by Gasteiger charge is -2.20. The summed E-state index contributed by atoms with van der Waals surface area (Å²) in [6.07, 6.45) is 0. The highest BCUT2D eigenvalue weighted by Gasteiger charge is 2.20. The van der Waals surface area contributed by atoms with Gasteiger partial charge in [0.1, 0.15) is 5.60 Å². The van der Waals surface area contributed by atoms with E-state index in [2.05, 4.69) is 10.6 Å². The lowest BCUT2D eigenvalue weighted by molar-refractivity contribution is -0.114. The first-order valence-corrected chi connectivity index (χ1v) is 5.83. The second-order valence-electron chi connectivity index (χ2n) is 4.60. The summed E-state index contributed by atoms with van der Waals surface area (Å²) in [6.45, 7) is 2.34. The predicted molar refractivity (Wildman–Crippen MR) is 70.8 cm³/mol. The molecule has 0 bridgehead atoms. The quantitative estimate of drug-likeness (QED) is 0.608. The first kappa shape index (κ1) is 15.1. The zero-order valence-electron chi connectivity index (χ0n) is 10.9. The minimum Gasteiger partial charge on any atom is -0.393 e. The van der Waals surface area contributed by atoms with Gasteiger partial charge in [0.25, 0.3) is 5.91 Å². The molecule has 19 heavy (non-hydrogen) atoms. The summed E-state index contributed by atoms with van der Waals surface area (Å²) in [5.74, 6) is -0.542.